The standard InChI is InChI=1S/C22H27ClO8/c1-10(5-6-24)20(26)30-15-8-22(28,9-23)18-14(29-13(4)25)7-11(2)16(18)19-17(15)12(3)21(27)31-19/h5,7,14-19,24,28H,3,6,8-9H2,1-2,4H3/b10-5+/t14-,15-,16+,17-,18+,19-,22+/m1/s1. The lowest BCUT2D eigenvalue weighted by Gasteiger charge is -2.38. The maximum absolute atomic E-state index is 12.6. The summed E-state index contributed by atoms with van der Waals surface area (Å²) in [5.74, 6) is -3.94. The molecular weight excluding hydrogens is 428 g/mol. The number of fused-ring (bicyclic) bond motifs is 3. The summed E-state index contributed by atoms with van der Waals surface area (Å²) in [5.41, 5.74) is -0.479. The lowest BCUT2D eigenvalue weighted by atomic mass is 9.75. The smallest absolute Gasteiger partial charge is 0.334 e. The normalized spacial score (nSPS) is 37.4. The number of alkyl halides is 1. The van der Waals surface area contributed by atoms with Gasteiger partial charge in [0.2, 0.25) is 0 Å². The molecule has 0 aromatic heterocycles. The number of esters is 3. The zero-order chi connectivity index (χ0) is 23.1. The van der Waals surface area contributed by atoms with Crippen LogP contribution in [0.15, 0.2) is 35.5 Å². The molecule has 31 heavy (non-hydrogen) atoms. The van der Waals surface area contributed by atoms with E-state index in [4.69, 9.17) is 30.9 Å². The lowest BCUT2D eigenvalue weighted by Crippen LogP contribution is -2.50. The van der Waals surface area contributed by atoms with Crippen LogP contribution in [0, 0.1) is 17.8 Å². The first kappa shape index (κ1) is 23.5. The Morgan fingerprint density at radius 2 is 2.03 bits per heavy atom. The molecule has 3 rings (SSSR count). The van der Waals surface area contributed by atoms with Crippen molar-refractivity contribution in [1.29, 1.82) is 0 Å². The van der Waals surface area contributed by atoms with E-state index < -0.39 is 59.6 Å². The predicted octanol–water partition coefficient (Wildman–Crippen LogP) is 1.43. The minimum atomic E-state index is -1.59. The molecule has 2 aliphatic carbocycles. The van der Waals surface area contributed by atoms with E-state index in [2.05, 4.69) is 6.58 Å². The van der Waals surface area contributed by atoms with Crippen molar-refractivity contribution in [2.45, 2.75) is 51.1 Å². The van der Waals surface area contributed by atoms with Crippen LogP contribution < -0.4 is 0 Å². The van der Waals surface area contributed by atoms with E-state index in [1.54, 1.807) is 6.08 Å². The average Bonchev–Trinajstić information content (AvgIpc) is 3.13. The van der Waals surface area contributed by atoms with Crippen molar-refractivity contribution in [3.05, 3.63) is 35.5 Å². The highest BCUT2D eigenvalue weighted by molar-refractivity contribution is 6.18. The SMILES string of the molecule is C=C1C(=O)O[C@@H]2[C@H]3C(C)=C[C@@H](OC(C)=O)[C@@H]3[C@@](O)(CCl)C[C@@H](OC(=O)/C(C)=C/CO)[C@@H]12. The van der Waals surface area contributed by atoms with Gasteiger partial charge < -0.3 is 24.4 Å². The van der Waals surface area contributed by atoms with Gasteiger partial charge in [-0.05, 0) is 26.0 Å². The van der Waals surface area contributed by atoms with Gasteiger partial charge in [-0.3, -0.25) is 4.79 Å². The molecule has 1 saturated carbocycles. The summed E-state index contributed by atoms with van der Waals surface area (Å²) >= 11 is 6.22. The number of hydrogen-bond acceptors (Lipinski definition) is 8. The van der Waals surface area contributed by atoms with Crippen LogP contribution in [-0.2, 0) is 28.6 Å². The highest BCUT2D eigenvalue weighted by atomic mass is 35.5. The topological polar surface area (TPSA) is 119 Å². The Morgan fingerprint density at radius 1 is 1.35 bits per heavy atom. The highest BCUT2D eigenvalue weighted by Crippen LogP contribution is 2.54. The highest BCUT2D eigenvalue weighted by Gasteiger charge is 2.62. The summed E-state index contributed by atoms with van der Waals surface area (Å²) in [5, 5.41) is 20.6. The number of halogens is 1. The van der Waals surface area contributed by atoms with Gasteiger partial charge in [-0.25, -0.2) is 9.59 Å². The molecule has 170 valence electrons. The fourth-order valence-corrected chi connectivity index (χ4v) is 5.31. The van der Waals surface area contributed by atoms with Crippen LogP contribution in [0.3, 0.4) is 0 Å². The second kappa shape index (κ2) is 8.76. The van der Waals surface area contributed by atoms with Crippen LogP contribution >= 0.6 is 11.6 Å². The Morgan fingerprint density at radius 3 is 2.61 bits per heavy atom. The van der Waals surface area contributed by atoms with Gasteiger partial charge in [0.15, 0.2) is 0 Å². The van der Waals surface area contributed by atoms with Gasteiger partial charge in [0.05, 0.1) is 24.0 Å². The van der Waals surface area contributed by atoms with Crippen molar-refractivity contribution in [2.75, 3.05) is 12.5 Å². The van der Waals surface area contributed by atoms with Gasteiger partial charge >= 0.3 is 17.9 Å². The fourth-order valence-electron chi connectivity index (χ4n) is 5.02. The monoisotopic (exact) mass is 454 g/mol. The van der Waals surface area contributed by atoms with E-state index in [0.29, 0.717) is 0 Å². The van der Waals surface area contributed by atoms with E-state index >= 15 is 0 Å². The largest absolute Gasteiger partial charge is 0.458 e. The Bertz CT molecular complexity index is 862. The van der Waals surface area contributed by atoms with Gasteiger partial charge in [-0.2, -0.15) is 0 Å². The summed E-state index contributed by atoms with van der Waals surface area (Å²) in [4.78, 5) is 36.6. The van der Waals surface area contributed by atoms with Gasteiger partial charge in [-0.15, -0.1) is 11.6 Å². The number of aliphatic hydroxyl groups excluding tert-OH is 1. The van der Waals surface area contributed by atoms with Crippen molar-refractivity contribution < 1.29 is 38.8 Å². The third-order valence-corrected chi connectivity index (χ3v) is 6.86. The first-order chi connectivity index (χ1) is 14.5. The number of aliphatic hydroxyl groups is 2. The third kappa shape index (κ3) is 4.16. The first-order valence-electron chi connectivity index (χ1n) is 10.1. The predicted molar refractivity (Wildman–Crippen MR) is 110 cm³/mol. The molecule has 0 radical (unpaired) electrons. The second-order valence-electron chi connectivity index (χ2n) is 8.41. The molecule has 0 bridgehead atoms. The van der Waals surface area contributed by atoms with Crippen molar-refractivity contribution in [3.8, 4) is 0 Å². The molecule has 1 saturated heterocycles. The van der Waals surface area contributed by atoms with Crippen LogP contribution in [0.5, 0.6) is 0 Å². The van der Waals surface area contributed by atoms with Crippen molar-refractivity contribution in [3.63, 3.8) is 0 Å². The summed E-state index contributed by atoms with van der Waals surface area (Å²) in [6.45, 7) is 8.07. The van der Waals surface area contributed by atoms with E-state index in [1.807, 2.05) is 6.92 Å². The van der Waals surface area contributed by atoms with Gasteiger partial charge in [0.1, 0.15) is 18.3 Å². The molecule has 0 spiro atoms. The minimum Gasteiger partial charge on any atom is -0.458 e. The number of hydrogen-bond donors (Lipinski definition) is 2. The molecule has 9 heteroatoms. The van der Waals surface area contributed by atoms with Crippen LogP contribution in [0.2, 0.25) is 0 Å². The maximum atomic E-state index is 12.6. The Kier molecular flexibility index (Phi) is 6.64. The molecule has 1 heterocycles. The molecule has 2 fully saturated rings. The number of ether oxygens (including phenoxy) is 3. The molecule has 8 nitrogen and oxygen atoms in total. The zero-order valence-electron chi connectivity index (χ0n) is 17.7. The van der Waals surface area contributed by atoms with Crippen LogP contribution in [-0.4, -0.2) is 64.5 Å². The van der Waals surface area contributed by atoms with E-state index in [1.165, 1.54) is 19.9 Å². The fraction of sp³-hybridized carbons (Fsp3) is 0.591. The summed E-state index contributed by atoms with van der Waals surface area (Å²) < 4.78 is 16.8. The molecule has 0 aromatic carbocycles. The zero-order valence-corrected chi connectivity index (χ0v) is 18.4. The van der Waals surface area contributed by atoms with E-state index in [9.17, 15) is 19.5 Å². The van der Waals surface area contributed by atoms with Crippen LogP contribution in [0.25, 0.3) is 0 Å². The molecule has 0 unspecified atom stereocenters. The molecule has 0 aromatic rings. The Balaban J connectivity index is 2.06. The quantitative estimate of drug-likeness (QED) is 0.210. The van der Waals surface area contributed by atoms with Crippen molar-refractivity contribution >= 4 is 29.5 Å². The average molecular weight is 455 g/mol. The molecule has 1 aliphatic heterocycles. The van der Waals surface area contributed by atoms with Gasteiger partial charge in [0.25, 0.3) is 0 Å². The van der Waals surface area contributed by atoms with E-state index in [-0.39, 0.29) is 30.1 Å². The Hall–Kier alpha value is -2.16. The third-order valence-electron chi connectivity index (χ3n) is 6.40. The maximum Gasteiger partial charge on any atom is 0.334 e. The summed E-state index contributed by atoms with van der Waals surface area (Å²) in [6, 6.07) is 0. The number of carbonyl (C=O) groups excluding carboxylic acids is 3. The number of rotatable bonds is 5. The molecule has 0 amide bonds. The van der Waals surface area contributed by atoms with Crippen molar-refractivity contribution in [1.82, 2.24) is 0 Å². The van der Waals surface area contributed by atoms with Gasteiger partial charge in [-0.1, -0.05) is 12.2 Å². The van der Waals surface area contributed by atoms with Crippen molar-refractivity contribution in [2.24, 2.45) is 17.8 Å². The van der Waals surface area contributed by atoms with Gasteiger partial charge in [0, 0.05) is 36.3 Å². The molecular formula is C22H27ClO8. The van der Waals surface area contributed by atoms with Crippen LogP contribution in [0.1, 0.15) is 27.2 Å². The number of carbonyl (C=O) groups is 3. The second-order valence-corrected chi connectivity index (χ2v) is 8.68. The minimum absolute atomic E-state index is 0.106. The summed E-state index contributed by atoms with van der Waals surface area (Å²) in [7, 11) is 0. The Labute approximate surface area is 185 Å². The first-order valence-corrected chi connectivity index (χ1v) is 10.6. The van der Waals surface area contributed by atoms with E-state index in [0.717, 1.165) is 5.57 Å². The van der Waals surface area contributed by atoms with Crippen LogP contribution in [0.4, 0.5) is 0 Å². The molecule has 7 atom stereocenters. The summed E-state index contributed by atoms with van der Waals surface area (Å²) in [6.07, 6.45) is 0.433. The molecule has 2 N–H and O–H groups in total. The molecule has 3 aliphatic rings. The lowest BCUT2D eigenvalue weighted by molar-refractivity contribution is -0.157.